The molecule has 3 N–H and O–H groups in total. The van der Waals surface area contributed by atoms with E-state index in [0.29, 0.717) is 11.9 Å². The Bertz CT molecular complexity index is 335. The van der Waals surface area contributed by atoms with Crippen molar-refractivity contribution in [3.63, 3.8) is 0 Å². The fourth-order valence-corrected chi connectivity index (χ4v) is 1.85. The Kier molecular flexibility index (Phi) is 2.77. The highest BCUT2D eigenvalue weighted by Crippen LogP contribution is 2.36. The summed E-state index contributed by atoms with van der Waals surface area (Å²) >= 11 is 0. The summed E-state index contributed by atoms with van der Waals surface area (Å²) in [5, 5.41) is 0. The third-order valence-corrected chi connectivity index (χ3v) is 3.21. The monoisotopic (exact) mass is 206 g/mol. The van der Waals surface area contributed by atoms with Crippen molar-refractivity contribution in [3.8, 4) is 0 Å². The summed E-state index contributed by atoms with van der Waals surface area (Å²) in [4.78, 5) is 6.39. The predicted molar refractivity (Wildman–Crippen MR) is 62.6 cm³/mol. The molecule has 1 unspecified atom stereocenters. The molecule has 82 valence electrons. The highest BCUT2D eigenvalue weighted by atomic mass is 15.3. The van der Waals surface area contributed by atoms with Crippen LogP contribution in [0.4, 0.5) is 11.5 Å². The van der Waals surface area contributed by atoms with Gasteiger partial charge < -0.3 is 10.3 Å². The molecule has 1 heterocycles. The maximum Gasteiger partial charge on any atom is 0.141 e. The first-order valence-corrected chi connectivity index (χ1v) is 5.38. The molecule has 0 amide bonds. The molecule has 0 aromatic carbocycles. The second-order valence-corrected chi connectivity index (χ2v) is 4.23. The van der Waals surface area contributed by atoms with Gasteiger partial charge in [0.25, 0.3) is 0 Å². The van der Waals surface area contributed by atoms with Gasteiger partial charge >= 0.3 is 0 Å². The second kappa shape index (κ2) is 4.06. The highest BCUT2D eigenvalue weighted by molar-refractivity contribution is 5.53. The molecule has 0 spiro atoms. The van der Waals surface area contributed by atoms with Crippen LogP contribution in [0.2, 0.25) is 0 Å². The van der Waals surface area contributed by atoms with E-state index in [0.717, 1.165) is 11.6 Å². The summed E-state index contributed by atoms with van der Waals surface area (Å²) < 4.78 is 0. The molecule has 15 heavy (non-hydrogen) atoms. The van der Waals surface area contributed by atoms with Crippen LogP contribution in [0.25, 0.3) is 0 Å². The minimum absolute atomic E-state index is 0.595. The van der Waals surface area contributed by atoms with Crippen LogP contribution in [0, 0.1) is 5.92 Å². The maximum atomic E-state index is 5.34. The number of pyridine rings is 1. The van der Waals surface area contributed by atoms with Gasteiger partial charge in [-0.3, -0.25) is 0 Å². The lowest BCUT2D eigenvalue weighted by Crippen LogP contribution is -2.30. The number of aromatic nitrogens is 1. The molecule has 0 saturated heterocycles. The van der Waals surface area contributed by atoms with Gasteiger partial charge in [-0.2, -0.15) is 0 Å². The van der Waals surface area contributed by atoms with Crippen molar-refractivity contribution >= 4 is 11.5 Å². The molecule has 1 saturated carbocycles. The molecule has 2 rings (SSSR count). The summed E-state index contributed by atoms with van der Waals surface area (Å²) in [6.45, 7) is 2.27. The summed E-state index contributed by atoms with van der Waals surface area (Å²) in [7, 11) is 2.12. The molecule has 4 heteroatoms. The fraction of sp³-hybridized carbons (Fsp3) is 0.545. The van der Waals surface area contributed by atoms with Gasteiger partial charge in [-0.15, -0.1) is 0 Å². The average Bonchev–Trinajstić information content (AvgIpc) is 3.11. The van der Waals surface area contributed by atoms with E-state index in [4.69, 9.17) is 5.84 Å². The smallest absolute Gasteiger partial charge is 0.141 e. The number of hydrazine groups is 1. The Balaban J connectivity index is 2.12. The topological polar surface area (TPSA) is 54.2 Å². The van der Waals surface area contributed by atoms with E-state index in [-0.39, 0.29) is 0 Å². The number of nitrogens with one attached hydrogen (secondary N) is 1. The third-order valence-electron chi connectivity index (χ3n) is 3.21. The van der Waals surface area contributed by atoms with E-state index in [1.54, 1.807) is 6.20 Å². The lowest BCUT2D eigenvalue weighted by molar-refractivity contribution is 0.609. The third kappa shape index (κ3) is 2.21. The molecular formula is C11H18N4. The lowest BCUT2D eigenvalue weighted by atomic mass is 10.2. The van der Waals surface area contributed by atoms with Crippen LogP contribution < -0.4 is 16.2 Å². The van der Waals surface area contributed by atoms with Gasteiger partial charge in [0.05, 0.1) is 0 Å². The van der Waals surface area contributed by atoms with Crippen molar-refractivity contribution in [2.24, 2.45) is 11.8 Å². The number of nitrogens with two attached hydrogens (primary N) is 1. The normalized spacial score (nSPS) is 17.3. The molecule has 1 aliphatic carbocycles. The van der Waals surface area contributed by atoms with Gasteiger partial charge in [-0.1, -0.05) is 0 Å². The highest BCUT2D eigenvalue weighted by Gasteiger charge is 2.30. The Labute approximate surface area is 90.5 Å². The van der Waals surface area contributed by atoms with Gasteiger partial charge in [0, 0.05) is 31.0 Å². The van der Waals surface area contributed by atoms with Crippen LogP contribution in [0.15, 0.2) is 18.3 Å². The van der Waals surface area contributed by atoms with Crippen LogP contribution in [0.5, 0.6) is 0 Å². The van der Waals surface area contributed by atoms with Crippen molar-refractivity contribution in [3.05, 3.63) is 18.3 Å². The van der Waals surface area contributed by atoms with E-state index in [2.05, 4.69) is 29.3 Å². The Morgan fingerprint density at radius 1 is 1.60 bits per heavy atom. The van der Waals surface area contributed by atoms with E-state index in [9.17, 15) is 0 Å². The number of rotatable bonds is 4. The summed E-state index contributed by atoms with van der Waals surface area (Å²) in [5.74, 6) is 6.91. The number of anilines is 2. The molecular weight excluding hydrogens is 188 g/mol. The van der Waals surface area contributed by atoms with E-state index < -0.39 is 0 Å². The van der Waals surface area contributed by atoms with Gasteiger partial charge in [0.1, 0.15) is 5.82 Å². The summed E-state index contributed by atoms with van der Waals surface area (Å²) in [5.41, 5.74) is 3.73. The van der Waals surface area contributed by atoms with Crippen LogP contribution >= 0.6 is 0 Å². The van der Waals surface area contributed by atoms with E-state index in [1.807, 2.05) is 12.1 Å². The first kappa shape index (κ1) is 10.2. The average molecular weight is 206 g/mol. The quantitative estimate of drug-likeness (QED) is 0.580. The van der Waals surface area contributed by atoms with Gasteiger partial charge in [0.2, 0.25) is 0 Å². The second-order valence-electron chi connectivity index (χ2n) is 4.23. The minimum atomic E-state index is 0.595. The van der Waals surface area contributed by atoms with Crippen molar-refractivity contribution in [1.29, 1.82) is 0 Å². The Hall–Kier alpha value is -1.29. The van der Waals surface area contributed by atoms with E-state index in [1.165, 1.54) is 12.8 Å². The zero-order valence-corrected chi connectivity index (χ0v) is 9.27. The number of nitrogen functional groups attached to an aromatic ring is 1. The number of hydrogen-bond donors (Lipinski definition) is 2. The first-order valence-electron chi connectivity index (χ1n) is 5.38. The summed E-state index contributed by atoms with van der Waals surface area (Å²) in [6.07, 6.45) is 4.50. The predicted octanol–water partition coefficient (Wildman–Crippen LogP) is 1.60. The summed E-state index contributed by atoms with van der Waals surface area (Å²) in [6, 6.07) is 4.58. The van der Waals surface area contributed by atoms with Crippen molar-refractivity contribution in [1.82, 2.24) is 4.98 Å². The lowest BCUT2D eigenvalue weighted by Gasteiger charge is -2.27. The molecule has 0 bridgehead atoms. The first-order chi connectivity index (χ1) is 7.22. The van der Waals surface area contributed by atoms with Crippen molar-refractivity contribution in [2.75, 3.05) is 17.4 Å². The Morgan fingerprint density at radius 3 is 2.93 bits per heavy atom. The van der Waals surface area contributed by atoms with Crippen LogP contribution in [0.1, 0.15) is 19.8 Å². The van der Waals surface area contributed by atoms with Crippen LogP contribution in [0.3, 0.4) is 0 Å². The standard InChI is InChI=1S/C11H18N4/c1-8(9-3-4-9)15(2)10-5-6-13-11(7-10)14-12/h5-9H,3-4,12H2,1-2H3,(H,13,14). The maximum absolute atomic E-state index is 5.34. The zero-order valence-electron chi connectivity index (χ0n) is 9.27. The van der Waals surface area contributed by atoms with Gasteiger partial charge in [-0.05, 0) is 31.7 Å². The molecule has 1 aromatic heterocycles. The molecule has 1 fully saturated rings. The van der Waals surface area contributed by atoms with Crippen molar-refractivity contribution < 1.29 is 0 Å². The molecule has 4 nitrogen and oxygen atoms in total. The molecule has 0 aliphatic heterocycles. The molecule has 1 aliphatic rings. The largest absolute Gasteiger partial charge is 0.371 e. The molecule has 0 radical (unpaired) electrons. The van der Waals surface area contributed by atoms with Gasteiger partial charge in [-0.25, -0.2) is 10.8 Å². The fourth-order valence-electron chi connectivity index (χ4n) is 1.85. The van der Waals surface area contributed by atoms with Crippen molar-refractivity contribution in [2.45, 2.75) is 25.8 Å². The zero-order chi connectivity index (χ0) is 10.8. The SMILES string of the molecule is CC(C1CC1)N(C)c1ccnc(NN)c1. The molecule has 1 atom stereocenters. The van der Waals surface area contributed by atoms with E-state index >= 15 is 0 Å². The van der Waals surface area contributed by atoms with Gasteiger partial charge in [0.15, 0.2) is 0 Å². The minimum Gasteiger partial charge on any atom is -0.371 e. The number of hydrogen-bond acceptors (Lipinski definition) is 4. The number of nitrogens with zero attached hydrogens (tertiary/aromatic N) is 2. The van der Waals surface area contributed by atoms with Crippen LogP contribution in [-0.4, -0.2) is 18.1 Å². The molecule has 1 aromatic rings. The van der Waals surface area contributed by atoms with Crippen LogP contribution in [-0.2, 0) is 0 Å². The Morgan fingerprint density at radius 2 is 2.33 bits per heavy atom.